The summed E-state index contributed by atoms with van der Waals surface area (Å²) in [6, 6.07) is 11.7. The van der Waals surface area contributed by atoms with Crippen LogP contribution in [0.15, 0.2) is 40.9 Å². The van der Waals surface area contributed by atoms with Crippen molar-refractivity contribution in [2.75, 3.05) is 12.3 Å². The molecule has 2 aromatic rings. The zero-order valence-corrected chi connectivity index (χ0v) is 13.5. The summed E-state index contributed by atoms with van der Waals surface area (Å²) < 4.78 is 0.994. The average molecular weight is 345 g/mol. The first-order chi connectivity index (χ1) is 10.0. The molecule has 108 valence electrons. The van der Waals surface area contributed by atoms with E-state index >= 15 is 0 Å². The van der Waals surface area contributed by atoms with Gasteiger partial charge in [-0.2, -0.15) is 0 Å². The van der Waals surface area contributed by atoms with Gasteiger partial charge in [0.2, 0.25) is 0 Å². The standard InChI is InChI=1S/C17H17BrN2O/c1-11-8-14(18)3-5-16(11)17(21)20-7-6-12-2-4-15(19)9-13(12)10-20/h2-5,8-9H,6-7,10,19H2,1H3. The van der Waals surface area contributed by atoms with Gasteiger partial charge < -0.3 is 10.6 Å². The Morgan fingerprint density at radius 2 is 2.00 bits per heavy atom. The molecule has 2 aromatic carbocycles. The molecule has 3 rings (SSSR count). The van der Waals surface area contributed by atoms with Crippen LogP contribution < -0.4 is 5.73 Å². The van der Waals surface area contributed by atoms with Crippen LogP contribution in [-0.2, 0) is 13.0 Å². The lowest BCUT2D eigenvalue weighted by Gasteiger charge is -2.29. The van der Waals surface area contributed by atoms with E-state index in [2.05, 4.69) is 22.0 Å². The maximum atomic E-state index is 12.7. The third-order valence-electron chi connectivity index (χ3n) is 3.95. The van der Waals surface area contributed by atoms with E-state index in [9.17, 15) is 4.79 Å². The topological polar surface area (TPSA) is 46.3 Å². The van der Waals surface area contributed by atoms with Crippen molar-refractivity contribution in [1.82, 2.24) is 4.90 Å². The largest absolute Gasteiger partial charge is 0.399 e. The van der Waals surface area contributed by atoms with E-state index < -0.39 is 0 Å². The van der Waals surface area contributed by atoms with Gasteiger partial charge >= 0.3 is 0 Å². The Bertz CT molecular complexity index is 712. The summed E-state index contributed by atoms with van der Waals surface area (Å²) in [6.07, 6.45) is 0.886. The van der Waals surface area contributed by atoms with Crippen LogP contribution in [-0.4, -0.2) is 17.4 Å². The minimum atomic E-state index is 0.0908. The van der Waals surface area contributed by atoms with Crippen molar-refractivity contribution in [3.05, 3.63) is 63.1 Å². The number of nitrogens with two attached hydrogens (primary N) is 1. The molecule has 1 aliphatic heterocycles. The minimum absolute atomic E-state index is 0.0908. The van der Waals surface area contributed by atoms with Crippen LogP contribution in [0.25, 0.3) is 0 Å². The van der Waals surface area contributed by atoms with Crippen molar-refractivity contribution in [1.29, 1.82) is 0 Å². The average Bonchev–Trinajstić information content (AvgIpc) is 2.46. The maximum Gasteiger partial charge on any atom is 0.254 e. The monoisotopic (exact) mass is 344 g/mol. The van der Waals surface area contributed by atoms with Crippen molar-refractivity contribution in [3.8, 4) is 0 Å². The van der Waals surface area contributed by atoms with Crippen LogP contribution in [0.2, 0.25) is 0 Å². The number of carbonyl (C=O) groups excluding carboxylic acids is 1. The lowest BCUT2D eigenvalue weighted by molar-refractivity contribution is 0.0734. The van der Waals surface area contributed by atoms with Gasteiger partial charge in [-0.15, -0.1) is 0 Å². The molecule has 0 bridgehead atoms. The van der Waals surface area contributed by atoms with E-state index in [4.69, 9.17) is 5.73 Å². The van der Waals surface area contributed by atoms with Crippen molar-refractivity contribution in [2.24, 2.45) is 0 Å². The number of fused-ring (bicyclic) bond motifs is 1. The molecule has 2 N–H and O–H groups in total. The molecule has 1 heterocycles. The molecule has 0 aliphatic carbocycles. The van der Waals surface area contributed by atoms with Gasteiger partial charge in [0.1, 0.15) is 0 Å². The summed E-state index contributed by atoms with van der Waals surface area (Å²) in [5, 5.41) is 0. The van der Waals surface area contributed by atoms with Gasteiger partial charge in [-0.1, -0.05) is 22.0 Å². The minimum Gasteiger partial charge on any atom is -0.399 e. The van der Waals surface area contributed by atoms with Gasteiger partial charge in [0, 0.05) is 28.8 Å². The summed E-state index contributed by atoms with van der Waals surface area (Å²) in [5.74, 6) is 0.0908. The normalized spacial score (nSPS) is 13.9. The van der Waals surface area contributed by atoms with Crippen molar-refractivity contribution in [2.45, 2.75) is 19.9 Å². The van der Waals surface area contributed by atoms with E-state index in [0.717, 1.165) is 39.8 Å². The van der Waals surface area contributed by atoms with Crippen LogP contribution in [0.4, 0.5) is 5.69 Å². The fourth-order valence-corrected chi connectivity index (χ4v) is 3.26. The first kappa shape index (κ1) is 14.1. The van der Waals surface area contributed by atoms with E-state index in [1.54, 1.807) is 0 Å². The Hall–Kier alpha value is -1.81. The zero-order chi connectivity index (χ0) is 15.0. The Morgan fingerprint density at radius 1 is 1.19 bits per heavy atom. The number of nitrogens with zero attached hydrogens (tertiary/aromatic N) is 1. The van der Waals surface area contributed by atoms with Crippen LogP contribution >= 0.6 is 15.9 Å². The molecular formula is C17H17BrN2O. The first-order valence-corrected chi connectivity index (χ1v) is 7.76. The number of amides is 1. The number of aryl methyl sites for hydroxylation is 1. The Kier molecular flexibility index (Phi) is 3.72. The highest BCUT2D eigenvalue weighted by atomic mass is 79.9. The van der Waals surface area contributed by atoms with Gasteiger partial charge in [0.15, 0.2) is 0 Å². The molecule has 0 radical (unpaired) electrons. The van der Waals surface area contributed by atoms with Gasteiger partial charge in [-0.05, 0) is 60.4 Å². The molecule has 0 fully saturated rings. The predicted octanol–water partition coefficient (Wildman–Crippen LogP) is 3.54. The number of hydrogen-bond acceptors (Lipinski definition) is 2. The molecule has 4 heteroatoms. The SMILES string of the molecule is Cc1cc(Br)ccc1C(=O)N1CCc2ccc(N)cc2C1. The van der Waals surface area contributed by atoms with Crippen molar-refractivity contribution < 1.29 is 4.79 Å². The number of benzene rings is 2. The predicted molar refractivity (Wildman–Crippen MR) is 88.2 cm³/mol. The fraction of sp³-hybridized carbons (Fsp3) is 0.235. The Labute approximate surface area is 132 Å². The van der Waals surface area contributed by atoms with Crippen molar-refractivity contribution in [3.63, 3.8) is 0 Å². The molecule has 0 aromatic heterocycles. The Balaban J connectivity index is 1.87. The molecule has 0 saturated heterocycles. The van der Waals surface area contributed by atoms with E-state index in [1.165, 1.54) is 5.56 Å². The molecule has 0 unspecified atom stereocenters. The van der Waals surface area contributed by atoms with Crippen LogP contribution in [0, 0.1) is 6.92 Å². The molecule has 0 atom stereocenters. The second-order valence-corrected chi connectivity index (χ2v) is 6.38. The van der Waals surface area contributed by atoms with Gasteiger partial charge in [-0.3, -0.25) is 4.79 Å². The number of carbonyl (C=O) groups is 1. The number of anilines is 1. The van der Waals surface area contributed by atoms with Gasteiger partial charge in [0.05, 0.1) is 0 Å². The van der Waals surface area contributed by atoms with Gasteiger partial charge in [0.25, 0.3) is 5.91 Å². The van der Waals surface area contributed by atoms with Crippen LogP contribution in [0.3, 0.4) is 0 Å². The first-order valence-electron chi connectivity index (χ1n) is 6.97. The highest BCUT2D eigenvalue weighted by molar-refractivity contribution is 9.10. The second kappa shape index (κ2) is 5.53. The van der Waals surface area contributed by atoms with E-state index in [1.807, 2.05) is 42.2 Å². The molecule has 1 aliphatic rings. The molecular weight excluding hydrogens is 328 g/mol. The summed E-state index contributed by atoms with van der Waals surface area (Å²) >= 11 is 3.43. The van der Waals surface area contributed by atoms with Crippen LogP contribution in [0.1, 0.15) is 27.0 Å². The number of halogens is 1. The lowest BCUT2D eigenvalue weighted by Crippen LogP contribution is -2.36. The molecule has 3 nitrogen and oxygen atoms in total. The number of hydrogen-bond donors (Lipinski definition) is 1. The number of rotatable bonds is 1. The third-order valence-corrected chi connectivity index (χ3v) is 4.44. The lowest BCUT2D eigenvalue weighted by atomic mass is 9.98. The maximum absolute atomic E-state index is 12.7. The van der Waals surface area contributed by atoms with Crippen LogP contribution in [0.5, 0.6) is 0 Å². The number of nitrogen functional groups attached to an aromatic ring is 1. The highest BCUT2D eigenvalue weighted by Crippen LogP contribution is 2.24. The summed E-state index contributed by atoms with van der Waals surface area (Å²) in [6.45, 7) is 3.36. The quantitative estimate of drug-likeness (QED) is 0.804. The molecule has 21 heavy (non-hydrogen) atoms. The van der Waals surface area contributed by atoms with E-state index in [-0.39, 0.29) is 5.91 Å². The van der Waals surface area contributed by atoms with Gasteiger partial charge in [-0.25, -0.2) is 0 Å². The summed E-state index contributed by atoms with van der Waals surface area (Å²) in [5.41, 5.74) is 10.8. The fourth-order valence-electron chi connectivity index (χ4n) is 2.79. The molecule has 0 saturated carbocycles. The Morgan fingerprint density at radius 3 is 2.76 bits per heavy atom. The van der Waals surface area contributed by atoms with E-state index in [0.29, 0.717) is 6.54 Å². The summed E-state index contributed by atoms with van der Waals surface area (Å²) in [4.78, 5) is 14.6. The summed E-state index contributed by atoms with van der Waals surface area (Å²) in [7, 11) is 0. The molecule has 1 amide bonds. The molecule has 0 spiro atoms. The highest BCUT2D eigenvalue weighted by Gasteiger charge is 2.22. The van der Waals surface area contributed by atoms with Crippen molar-refractivity contribution >= 4 is 27.5 Å². The zero-order valence-electron chi connectivity index (χ0n) is 11.9. The third kappa shape index (κ3) is 2.81. The second-order valence-electron chi connectivity index (χ2n) is 5.46. The smallest absolute Gasteiger partial charge is 0.254 e.